The molecule has 1 fully saturated rings. The van der Waals surface area contributed by atoms with Crippen LogP contribution in [0.3, 0.4) is 0 Å². The van der Waals surface area contributed by atoms with Crippen LogP contribution in [0.5, 0.6) is 5.75 Å². The fraction of sp³-hybridized carbons (Fsp3) is 0.375. The molecule has 164 valence electrons. The van der Waals surface area contributed by atoms with E-state index < -0.39 is 0 Å². The van der Waals surface area contributed by atoms with Crippen molar-refractivity contribution in [3.63, 3.8) is 0 Å². The van der Waals surface area contributed by atoms with Gasteiger partial charge >= 0.3 is 0 Å². The highest BCUT2D eigenvalue weighted by Crippen LogP contribution is 2.27. The SMILES string of the molecule is CN(CCOc1cccc(CNC(=O)c2cc3c(F)cccc3s2)c1)C1CCOCC1. The number of thiophene rings is 1. The van der Waals surface area contributed by atoms with Crippen LogP contribution < -0.4 is 10.1 Å². The Labute approximate surface area is 185 Å². The van der Waals surface area contributed by atoms with Gasteiger partial charge in [0.1, 0.15) is 18.2 Å². The molecule has 1 aromatic heterocycles. The number of halogens is 1. The Kier molecular flexibility index (Phi) is 7.17. The fourth-order valence-electron chi connectivity index (χ4n) is 3.77. The maximum Gasteiger partial charge on any atom is 0.261 e. The highest BCUT2D eigenvalue weighted by Gasteiger charge is 2.18. The summed E-state index contributed by atoms with van der Waals surface area (Å²) in [6.07, 6.45) is 2.14. The molecule has 7 heteroatoms. The number of carbonyl (C=O) groups excluding carboxylic acids is 1. The van der Waals surface area contributed by atoms with Gasteiger partial charge in [0, 0.05) is 42.4 Å². The highest BCUT2D eigenvalue weighted by atomic mass is 32.1. The maximum absolute atomic E-state index is 13.9. The summed E-state index contributed by atoms with van der Waals surface area (Å²) < 4.78 is 26.0. The van der Waals surface area contributed by atoms with E-state index in [4.69, 9.17) is 9.47 Å². The van der Waals surface area contributed by atoms with Crippen LogP contribution in [0.2, 0.25) is 0 Å². The van der Waals surface area contributed by atoms with Crippen molar-refractivity contribution >= 4 is 27.3 Å². The Morgan fingerprint density at radius 3 is 2.84 bits per heavy atom. The molecule has 5 nitrogen and oxygen atoms in total. The van der Waals surface area contributed by atoms with Crippen LogP contribution in [0.1, 0.15) is 28.1 Å². The standard InChI is InChI=1S/C24H27FN2O3S/c1-27(18-8-11-29-12-9-18)10-13-30-19-5-2-4-17(14-19)16-26-24(28)23-15-20-21(25)6-3-7-22(20)31-23/h2-7,14-15,18H,8-13,16H2,1H3,(H,26,28). The first-order chi connectivity index (χ1) is 15.1. The van der Waals surface area contributed by atoms with Gasteiger partial charge in [0.2, 0.25) is 0 Å². The average molecular weight is 443 g/mol. The zero-order valence-corrected chi connectivity index (χ0v) is 18.4. The van der Waals surface area contributed by atoms with E-state index in [0.717, 1.165) is 48.6 Å². The van der Waals surface area contributed by atoms with E-state index in [1.807, 2.05) is 30.3 Å². The molecular formula is C24H27FN2O3S. The summed E-state index contributed by atoms with van der Waals surface area (Å²) in [5.74, 6) is 0.279. The third-order valence-corrected chi connectivity index (χ3v) is 6.71. The number of rotatable bonds is 8. The minimum absolute atomic E-state index is 0.204. The minimum atomic E-state index is -0.305. The molecule has 1 aliphatic rings. The molecule has 2 aromatic carbocycles. The third kappa shape index (κ3) is 5.61. The first-order valence-corrected chi connectivity index (χ1v) is 11.4. The maximum atomic E-state index is 13.9. The van der Waals surface area contributed by atoms with Gasteiger partial charge in [0.05, 0.1) is 4.88 Å². The number of hydrogen-bond acceptors (Lipinski definition) is 5. The van der Waals surface area contributed by atoms with Crippen molar-refractivity contribution in [1.82, 2.24) is 10.2 Å². The van der Waals surface area contributed by atoms with Gasteiger partial charge in [0.15, 0.2) is 0 Å². The Morgan fingerprint density at radius 1 is 1.23 bits per heavy atom. The van der Waals surface area contributed by atoms with E-state index in [-0.39, 0.29) is 11.7 Å². The molecule has 0 spiro atoms. The van der Waals surface area contributed by atoms with Gasteiger partial charge in [-0.3, -0.25) is 9.69 Å². The van der Waals surface area contributed by atoms with E-state index in [1.165, 1.54) is 17.4 Å². The highest BCUT2D eigenvalue weighted by molar-refractivity contribution is 7.20. The Bertz CT molecular complexity index is 1030. The molecule has 1 aliphatic heterocycles. The second kappa shape index (κ2) is 10.2. The number of likely N-dealkylation sites (N-methyl/N-ethyl adjacent to an activating group) is 1. The number of ether oxygens (including phenoxy) is 2. The molecule has 4 rings (SSSR count). The van der Waals surface area contributed by atoms with Crippen molar-refractivity contribution in [2.24, 2.45) is 0 Å². The van der Waals surface area contributed by atoms with Gasteiger partial charge in [-0.05, 0) is 55.8 Å². The number of nitrogens with zero attached hydrogens (tertiary/aromatic N) is 1. The molecule has 31 heavy (non-hydrogen) atoms. The van der Waals surface area contributed by atoms with Crippen molar-refractivity contribution in [2.75, 3.05) is 33.4 Å². The van der Waals surface area contributed by atoms with E-state index >= 15 is 0 Å². The third-order valence-electron chi connectivity index (χ3n) is 5.61. The number of amides is 1. The lowest BCUT2D eigenvalue weighted by Gasteiger charge is -2.31. The second-order valence-electron chi connectivity index (χ2n) is 7.76. The molecule has 1 N–H and O–H groups in total. The molecule has 0 bridgehead atoms. The average Bonchev–Trinajstić information content (AvgIpc) is 3.24. The van der Waals surface area contributed by atoms with E-state index in [0.29, 0.717) is 29.5 Å². The molecule has 1 saturated heterocycles. The van der Waals surface area contributed by atoms with Gasteiger partial charge in [-0.25, -0.2) is 4.39 Å². The fourth-order valence-corrected chi connectivity index (χ4v) is 4.76. The predicted molar refractivity (Wildman–Crippen MR) is 121 cm³/mol. The monoisotopic (exact) mass is 442 g/mol. The van der Waals surface area contributed by atoms with Crippen LogP contribution in [0.4, 0.5) is 4.39 Å². The van der Waals surface area contributed by atoms with Crippen LogP contribution in [0, 0.1) is 5.82 Å². The molecule has 0 aliphatic carbocycles. The number of nitrogens with one attached hydrogen (secondary N) is 1. The van der Waals surface area contributed by atoms with Crippen molar-refractivity contribution in [2.45, 2.75) is 25.4 Å². The molecule has 3 aromatic rings. The molecule has 2 heterocycles. The van der Waals surface area contributed by atoms with Gasteiger partial charge in [-0.1, -0.05) is 18.2 Å². The summed E-state index contributed by atoms with van der Waals surface area (Å²) in [5.41, 5.74) is 0.955. The summed E-state index contributed by atoms with van der Waals surface area (Å²) in [7, 11) is 2.13. The normalized spacial score (nSPS) is 14.8. The summed E-state index contributed by atoms with van der Waals surface area (Å²) in [4.78, 5) is 15.3. The molecule has 0 atom stereocenters. The lowest BCUT2D eigenvalue weighted by Crippen LogP contribution is -2.38. The van der Waals surface area contributed by atoms with Crippen molar-refractivity contribution < 1.29 is 18.7 Å². The topological polar surface area (TPSA) is 50.8 Å². The molecule has 0 saturated carbocycles. The number of fused-ring (bicyclic) bond motifs is 1. The van der Waals surface area contributed by atoms with E-state index in [1.54, 1.807) is 12.1 Å². The van der Waals surface area contributed by atoms with Crippen molar-refractivity contribution in [1.29, 1.82) is 0 Å². The second-order valence-corrected chi connectivity index (χ2v) is 8.85. The first-order valence-electron chi connectivity index (χ1n) is 10.6. The predicted octanol–water partition coefficient (Wildman–Crippen LogP) is 4.46. The largest absolute Gasteiger partial charge is 0.492 e. The van der Waals surface area contributed by atoms with Crippen molar-refractivity contribution in [3.8, 4) is 5.75 Å². The minimum Gasteiger partial charge on any atom is -0.492 e. The summed E-state index contributed by atoms with van der Waals surface area (Å²) in [5, 5.41) is 3.40. The molecular weight excluding hydrogens is 415 g/mol. The molecule has 0 unspecified atom stereocenters. The first kappa shape index (κ1) is 21.7. The smallest absolute Gasteiger partial charge is 0.261 e. The zero-order chi connectivity index (χ0) is 21.6. The molecule has 1 amide bonds. The van der Waals surface area contributed by atoms with Gasteiger partial charge in [0.25, 0.3) is 5.91 Å². The quantitative estimate of drug-likeness (QED) is 0.560. The Morgan fingerprint density at radius 2 is 2.03 bits per heavy atom. The van der Waals surface area contributed by atoms with Crippen LogP contribution in [-0.4, -0.2) is 50.3 Å². The summed E-state index contributed by atoms with van der Waals surface area (Å²) in [6, 6.07) is 14.8. The van der Waals surface area contributed by atoms with Crippen molar-refractivity contribution in [3.05, 3.63) is 64.8 Å². The number of hydrogen-bond donors (Lipinski definition) is 1. The summed E-state index contributed by atoms with van der Waals surface area (Å²) in [6.45, 7) is 3.51. The summed E-state index contributed by atoms with van der Waals surface area (Å²) >= 11 is 1.29. The van der Waals surface area contributed by atoms with Gasteiger partial charge in [-0.15, -0.1) is 11.3 Å². The Hall–Kier alpha value is -2.48. The molecule has 0 radical (unpaired) electrons. The number of carbonyl (C=O) groups is 1. The van der Waals surface area contributed by atoms with Gasteiger partial charge < -0.3 is 14.8 Å². The van der Waals surface area contributed by atoms with E-state index in [9.17, 15) is 9.18 Å². The lowest BCUT2D eigenvalue weighted by molar-refractivity contribution is 0.0392. The van der Waals surface area contributed by atoms with Crippen LogP contribution in [0.25, 0.3) is 10.1 Å². The number of benzene rings is 2. The lowest BCUT2D eigenvalue weighted by atomic mass is 10.1. The van der Waals surface area contributed by atoms with Crippen LogP contribution >= 0.6 is 11.3 Å². The zero-order valence-electron chi connectivity index (χ0n) is 17.6. The van der Waals surface area contributed by atoms with Gasteiger partial charge in [-0.2, -0.15) is 0 Å². The van der Waals surface area contributed by atoms with Crippen LogP contribution in [0.15, 0.2) is 48.5 Å². The van der Waals surface area contributed by atoms with E-state index in [2.05, 4.69) is 17.3 Å². The van der Waals surface area contributed by atoms with Crippen LogP contribution in [-0.2, 0) is 11.3 Å². The Balaban J connectivity index is 1.27.